The van der Waals surface area contributed by atoms with Crippen LogP contribution in [0.2, 0.25) is 0 Å². The third-order valence-corrected chi connectivity index (χ3v) is 0.211. The Hall–Kier alpha value is -0.650. The molecule has 0 unspecified atom stereocenters. The van der Waals surface area contributed by atoms with E-state index in [9.17, 15) is 4.79 Å². The van der Waals surface area contributed by atoms with Gasteiger partial charge in [-0.1, -0.05) is 5.04 Å². The fourth-order valence-electron chi connectivity index (χ4n) is 0. The van der Waals surface area contributed by atoms with E-state index in [1.165, 1.54) is 4.90 Å². The molecule has 2 N–H and O–H groups in total. The summed E-state index contributed by atoms with van der Waals surface area (Å²) >= 11 is 0. The van der Waals surface area contributed by atoms with Gasteiger partial charge in [-0.3, -0.25) is 4.79 Å². The summed E-state index contributed by atoms with van der Waals surface area (Å²) in [5.41, 5.74) is 0. The first kappa shape index (κ1) is 10.4. The lowest BCUT2D eigenvalue weighted by atomic mass is 11.0. The summed E-state index contributed by atoms with van der Waals surface area (Å²) in [7, 11) is 3.38. The SMILES string of the molecule is CN(C)C=O.OOO. The number of carbonyl (C=O) groups excluding carboxylic acids is 1. The zero-order chi connectivity index (χ0) is 6.99. The second-order valence-corrected chi connectivity index (χ2v) is 1.15. The maximum absolute atomic E-state index is 9.43. The summed E-state index contributed by atoms with van der Waals surface area (Å²) in [6, 6.07) is 0. The summed E-state index contributed by atoms with van der Waals surface area (Å²) in [6.07, 6.45) is 0.750. The molecule has 0 aliphatic heterocycles. The first-order chi connectivity index (χ1) is 3.68. The molecule has 0 aliphatic rings. The molecule has 0 radical (unpaired) electrons. The lowest BCUT2D eigenvalue weighted by molar-refractivity contribution is -0.465. The van der Waals surface area contributed by atoms with Gasteiger partial charge in [0.15, 0.2) is 0 Å². The van der Waals surface area contributed by atoms with Crippen molar-refractivity contribution < 1.29 is 20.3 Å². The number of hydrogen-bond acceptors (Lipinski definition) is 4. The van der Waals surface area contributed by atoms with E-state index in [-0.39, 0.29) is 0 Å². The van der Waals surface area contributed by atoms with Crippen molar-refractivity contribution in [2.24, 2.45) is 0 Å². The molecule has 0 spiro atoms. The van der Waals surface area contributed by atoms with Gasteiger partial charge in [-0.2, -0.15) is 0 Å². The van der Waals surface area contributed by atoms with Crippen molar-refractivity contribution in [3.8, 4) is 0 Å². The molecule has 0 aromatic heterocycles. The summed E-state index contributed by atoms with van der Waals surface area (Å²) in [5, 5.41) is 15.5. The highest BCUT2D eigenvalue weighted by molar-refractivity contribution is 5.45. The zero-order valence-electron chi connectivity index (χ0n) is 4.74. The van der Waals surface area contributed by atoms with Crippen LogP contribution in [0.4, 0.5) is 0 Å². The van der Waals surface area contributed by atoms with Crippen LogP contribution in [0.1, 0.15) is 0 Å². The molecule has 0 atom stereocenters. The minimum atomic E-state index is 0.750. The van der Waals surface area contributed by atoms with Gasteiger partial charge in [-0.05, 0) is 0 Å². The minimum absolute atomic E-state index is 0.750. The van der Waals surface area contributed by atoms with Crippen molar-refractivity contribution in [1.82, 2.24) is 4.90 Å². The van der Waals surface area contributed by atoms with Gasteiger partial charge in [0.1, 0.15) is 0 Å². The van der Waals surface area contributed by atoms with Crippen LogP contribution in [0.3, 0.4) is 0 Å². The smallest absolute Gasteiger partial charge is 0.209 e. The lowest BCUT2D eigenvalue weighted by Gasteiger charge is -1.93. The maximum atomic E-state index is 9.43. The van der Waals surface area contributed by atoms with Crippen LogP contribution in [0.15, 0.2) is 0 Å². The number of nitrogens with zero attached hydrogens (tertiary/aromatic N) is 1. The van der Waals surface area contributed by atoms with Crippen LogP contribution in [-0.4, -0.2) is 35.9 Å². The Balaban J connectivity index is 0. The first-order valence-corrected chi connectivity index (χ1v) is 1.75. The molecule has 0 bridgehead atoms. The van der Waals surface area contributed by atoms with E-state index in [1.54, 1.807) is 14.1 Å². The van der Waals surface area contributed by atoms with Gasteiger partial charge in [0.2, 0.25) is 6.41 Å². The van der Waals surface area contributed by atoms with Crippen molar-refractivity contribution in [1.29, 1.82) is 0 Å². The van der Waals surface area contributed by atoms with Crippen LogP contribution in [0, 0.1) is 0 Å². The fraction of sp³-hybridized carbons (Fsp3) is 0.667. The number of carbonyl (C=O) groups is 1. The van der Waals surface area contributed by atoms with Gasteiger partial charge in [-0.15, -0.1) is 0 Å². The second-order valence-electron chi connectivity index (χ2n) is 1.15. The zero-order valence-corrected chi connectivity index (χ0v) is 4.74. The van der Waals surface area contributed by atoms with Crippen LogP contribution < -0.4 is 0 Å². The van der Waals surface area contributed by atoms with E-state index < -0.39 is 0 Å². The summed E-state index contributed by atoms with van der Waals surface area (Å²) in [6.45, 7) is 0. The Morgan fingerprint density at radius 1 is 1.50 bits per heavy atom. The van der Waals surface area contributed by atoms with E-state index >= 15 is 0 Å². The lowest BCUT2D eigenvalue weighted by Crippen LogP contribution is -2.06. The largest absolute Gasteiger partial charge is 0.351 e. The van der Waals surface area contributed by atoms with E-state index in [2.05, 4.69) is 5.04 Å². The van der Waals surface area contributed by atoms with Crippen molar-refractivity contribution in [2.45, 2.75) is 0 Å². The number of hydrogen-bond donors (Lipinski definition) is 2. The van der Waals surface area contributed by atoms with Crippen molar-refractivity contribution in [3.63, 3.8) is 0 Å². The van der Waals surface area contributed by atoms with Crippen molar-refractivity contribution in [2.75, 3.05) is 14.1 Å². The van der Waals surface area contributed by atoms with E-state index in [4.69, 9.17) is 10.5 Å². The molecule has 8 heavy (non-hydrogen) atoms. The monoisotopic (exact) mass is 123 g/mol. The molecular formula is C3H9NO4. The standard InChI is InChI=1S/C3H7NO.H2O3/c1-4(2)3-5;1-3-2/h3H,1-2H3;1-2H. The molecule has 5 heteroatoms. The highest BCUT2D eigenvalue weighted by Crippen LogP contribution is 1.52. The second kappa shape index (κ2) is 9.61. The van der Waals surface area contributed by atoms with Gasteiger partial charge < -0.3 is 4.90 Å². The third-order valence-electron chi connectivity index (χ3n) is 0.211. The Morgan fingerprint density at radius 3 is 1.62 bits per heavy atom. The first-order valence-electron chi connectivity index (χ1n) is 1.75. The quantitative estimate of drug-likeness (QED) is 0.284. The molecule has 0 saturated heterocycles. The van der Waals surface area contributed by atoms with Crippen LogP contribution in [0.25, 0.3) is 0 Å². The summed E-state index contributed by atoms with van der Waals surface area (Å²) in [5.74, 6) is 0. The van der Waals surface area contributed by atoms with Crippen molar-refractivity contribution >= 4 is 6.41 Å². The molecule has 50 valence electrons. The topological polar surface area (TPSA) is 70.0 Å². The predicted octanol–water partition coefficient (Wildman–Crippen LogP) is -0.347. The Bertz CT molecular complexity index is 46.5. The normalized spacial score (nSPS) is 6.50. The fourth-order valence-corrected chi connectivity index (χ4v) is 0. The van der Waals surface area contributed by atoms with Crippen LogP contribution in [0.5, 0.6) is 0 Å². The average Bonchev–Trinajstić information content (AvgIpc) is 1.69. The number of rotatable bonds is 1. The highest BCUT2D eigenvalue weighted by atomic mass is 17.4. The molecule has 0 aliphatic carbocycles. The molecule has 0 fully saturated rings. The van der Waals surface area contributed by atoms with Crippen LogP contribution >= 0.6 is 0 Å². The van der Waals surface area contributed by atoms with E-state index in [1.807, 2.05) is 0 Å². The summed E-state index contributed by atoms with van der Waals surface area (Å²) < 4.78 is 0. The molecule has 0 heterocycles. The van der Waals surface area contributed by atoms with Gasteiger partial charge >= 0.3 is 0 Å². The number of amides is 1. The van der Waals surface area contributed by atoms with E-state index in [0.29, 0.717) is 0 Å². The van der Waals surface area contributed by atoms with Gasteiger partial charge in [0.05, 0.1) is 0 Å². The van der Waals surface area contributed by atoms with Crippen LogP contribution in [-0.2, 0) is 9.83 Å². The average molecular weight is 123 g/mol. The van der Waals surface area contributed by atoms with Crippen molar-refractivity contribution in [3.05, 3.63) is 0 Å². The third kappa shape index (κ3) is 55.5. The Morgan fingerprint density at radius 2 is 1.62 bits per heavy atom. The molecular weight excluding hydrogens is 114 g/mol. The summed E-state index contributed by atoms with van der Waals surface area (Å²) in [4.78, 5) is 10.9. The Kier molecular flexibility index (Phi) is 12.4. The van der Waals surface area contributed by atoms with Gasteiger partial charge in [0, 0.05) is 14.1 Å². The molecule has 0 aromatic carbocycles. The minimum Gasteiger partial charge on any atom is -0.351 e. The molecule has 0 aromatic rings. The predicted molar refractivity (Wildman–Crippen MR) is 26.1 cm³/mol. The van der Waals surface area contributed by atoms with E-state index in [0.717, 1.165) is 6.41 Å². The van der Waals surface area contributed by atoms with Gasteiger partial charge in [-0.25, -0.2) is 10.5 Å². The molecule has 0 rings (SSSR count). The molecule has 1 amide bonds. The highest BCUT2D eigenvalue weighted by Gasteiger charge is 1.68. The maximum Gasteiger partial charge on any atom is 0.209 e. The van der Waals surface area contributed by atoms with Gasteiger partial charge in [0.25, 0.3) is 0 Å². The molecule has 5 nitrogen and oxygen atoms in total. The molecule has 0 saturated carbocycles. The Labute approximate surface area is 47.0 Å².